The maximum absolute atomic E-state index is 12.8. The second kappa shape index (κ2) is 7.25. The molecule has 2 aromatic carbocycles. The highest BCUT2D eigenvalue weighted by atomic mass is 79.9. The molecular weight excluding hydrogens is 394 g/mol. The zero-order valence-corrected chi connectivity index (χ0v) is 16.0. The van der Waals surface area contributed by atoms with Crippen LogP contribution in [-0.4, -0.2) is 15.7 Å². The van der Waals surface area contributed by atoms with E-state index >= 15 is 0 Å². The molecule has 0 aliphatic heterocycles. The first kappa shape index (κ1) is 18.1. The molecule has 5 nitrogen and oxygen atoms in total. The number of rotatable bonds is 4. The van der Waals surface area contributed by atoms with E-state index in [1.54, 1.807) is 32.0 Å². The van der Waals surface area contributed by atoms with Gasteiger partial charge in [0.2, 0.25) is 0 Å². The maximum atomic E-state index is 12.8. The van der Waals surface area contributed by atoms with Crippen molar-refractivity contribution in [2.75, 3.05) is 5.32 Å². The second-order valence-electron chi connectivity index (χ2n) is 6.36. The molecule has 132 valence electrons. The molecule has 0 fully saturated rings. The average Bonchev–Trinajstić information content (AvgIpc) is 2.62. The Morgan fingerprint density at radius 1 is 1.04 bits per heavy atom. The molecule has 1 N–H and O–H groups in total. The number of anilines is 1. The van der Waals surface area contributed by atoms with Gasteiger partial charge in [0.25, 0.3) is 11.5 Å². The largest absolute Gasteiger partial charge is 0.324 e. The van der Waals surface area contributed by atoms with Crippen molar-refractivity contribution >= 4 is 27.5 Å². The van der Waals surface area contributed by atoms with Crippen molar-refractivity contribution in [2.45, 2.75) is 19.4 Å². The van der Waals surface area contributed by atoms with Crippen LogP contribution in [0.4, 0.5) is 5.69 Å². The molecule has 0 atom stereocenters. The zero-order valence-electron chi connectivity index (χ0n) is 14.4. The molecule has 0 unspecified atom stereocenters. The Balaban J connectivity index is 1.95. The summed E-state index contributed by atoms with van der Waals surface area (Å²) in [7, 11) is 0. The molecule has 1 amide bonds. The fraction of sp³-hybridized carbons (Fsp3) is 0.150. The van der Waals surface area contributed by atoms with Gasteiger partial charge in [-0.15, -0.1) is 0 Å². The minimum absolute atomic E-state index is 0.324. The first-order valence-electron chi connectivity index (χ1n) is 8.11. The molecule has 3 rings (SSSR count). The maximum Gasteiger partial charge on any atom is 0.267 e. The molecule has 1 aromatic heterocycles. The molecule has 0 radical (unpaired) electrons. The minimum atomic E-state index is -1.16. The van der Waals surface area contributed by atoms with Crippen LogP contribution in [0.25, 0.3) is 11.3 Å². The van der Waals surface area contributed by atoms with Gasteiger partial charge in [0.05, 0.1) is 5.69 Å². The van der Waals surface area contributed by atoms with Gasteiger partial charge in [-0.05, 0) is 38.1 Å². The lowest BCUT2D eigenvalue weighted by Gasteiger charge is -2.25. The van der Waals surface area contributed by atoms with Crippen LogP contribution in [-0.2, 0) is 10.3 Å². The highest BCUT2D eigenvalue weighted by molar-refractivity contribution is 9.10. The van der Waals surface area contributed by atoms with E-state index in [2.05, 4.69) is 26.3 Å². The molecule has 0 aliphatic rings. The number of carbonyl (C=O) groups excluding carboxylic acids is 1. The van der Waals surface area contributed by atoms with Crippen molar-refractivity contribution in [3.8, 4) is 11.3 Å². The number of nitrogens with zero attached hydrogens (tertiary/aromatic N) is 2. The number of aromatic nitrogens is 2. The number of amides is 1. The van der Waals surface area contributed by atoms with Crippen LogP contribution < -0.4 is 10.9 Å². The molecule has 1 heterocycles. The quantitative estimate of drug-likeness (QED) is 0.704. The fourth-order valence-electron chi connectivity index (χ4n) is 2.52. The number of nitrogens with one attached hydrogen (secondary N) is 1. The van der Waals surface area contributed by atoms with Gasteiger partial charge in [-0.1, -0.05) is 52.3 Å². The second-order valence-corrected chi connectivity index (χ2v) is 7.27. The number of benzene rings is 2. The Hall–Kier alpha value is -2.73. The third-order valence-corrected chi connectivity index (χ3v) is 4.53. The normalized spacial score (nSPS) is 11.2. The minimum Gasteiger partial charge on any atom is -0.324 e. The monoisotopic (exact) mass is 411 g/mol. The summed E-state index contributed by atoms with van der Waals surface area (Å²) in [4.78, 5) is 25.2. The van der Waals surface area contributed by atoms with E-state index in [0.717, 1.165) is 10.0 Å². The molecule has 0 bridgehead atoms. The van der Waals surface area contributed by atoms with Gasteiger partial charge in [0, 0.05) is 21.8 Å². The van der Waals surface area contributed by atoms with E-state index in [4.69, 9.17) is 0 Å². The van der Waals surface area contributed by atoms with E-state index in [1.165, 1.54) is 10.7 Å². The third-order valence-electron chi connectivity index (χ3n) is 4.04. The number of halogens is 1. The van der Waals surface area contributed by atoms with Crippen LogP contribution in [0.15, 0.2) is 76.0 Å². The zero-order chi connectivity index (χ0) is 18.7. The first-order chi connectivity index (χ1) is 12.4. The van der Waals surface area contributed by atoms with Gasteiger partial charge in [-0.2, -0.15) is 5.10 Å². The number of hydrogen-bond acceptors (Lipinski definition) is 3. The Labute approximate surface area is 159 Å². The smallest absolute Gasteiger partial charge is 0.267 e. The highest BCUT2D eigenvalue weighted by Crippen LogP contribution is 2.21. The predicted octanol–water partition coefficient (Wildman–Crippen LogP) is 4.05. The Morgan fingerprint density at radius 2 is 1.77 bits per heavy atom. The molecular formula is C20H18BrN3O2. The summed E-state index contributed by atoms with van der Waals surface area (Å²) < 4.78 is 2.08. The molecule has 3 aromatic rings. The average molecular weight is 412 g/mol. The van der Waals surface area contributed by atoms with Gasteiger partial charge in [-0.25, -0.2) is 4.68 Å². The van der Waals surface area contributed by atoms with Gasteiger partial charge in [0.15, 0.2) is 0 Å². The Morgan fingerprint density at radius 3 is 2.46 bits per heavy atom. The fourth-order valence-corrected chi connectivity index (χ4v) is 2.92. The lowest BCUT2D eigenvalue weighted by Crippen LogP contribution is -2.47. The van der Waals surface area contributed by atoms with E-state index in [-0.39, 0.29) is 11.5 Å². The van der Waals surface area contributed by atoms with Crippen molar-refractivity contribution in [3.05, 3.63) is 81.6 Å². The number of hydrogen-bond donors (Lipinski definition) is 1. The van der Waals surface area contributed by atoms with E-state index < -0.39 is 5.54 Å². The standard InChI is InChI=1S/C20H18BrN3O2/c1-20(2,19(26)22-16-10-6-9-15(21)13-16)24-18(25)12-11-17(23-24)14-7-4-3-5-8-14/h3-13H,1-2H3,(H,22,26). The molecule has 0 saturated heterocycles. The predicted molar refractivity (Wildman–Crippen MR) is 106 cm³/mol. The summed E-state index contributed by atoms with van der Waals surface area (Å²) in [5.41, 5.74) is 0.659. The van der Waals surface area contributed by atoms with Crippen molar-refractivity contribution < 1.29 is 4.79 Å². The van der Waals surface area contributed by atoms with Crippen LogP contribution in [0.5, 0.6) is 0 Å². The van der Waals surface area contributed by atoms with Crippen molar-refractivity contribution in [1.82, 2.24) is 9.78 Å². The third kappa shape index (κ3) is 3.75. The van der Waals surface area contributed by atoms with Crippen LogP contribution in [0.3, 0.4) is 0 Å². The van der Waals surface area contributed by atoms with Crippen molar-refractivity contribution in [2.24, 2.45) is 0 Å². The summed E-state index contributed by atoms with van der Waals surface area (Å²) in [5, 5.41) is 7.27. The summed E-state index contributed by atoms with van der Waals surface area (Å²) in [6.45, 7) is 3.34. The van der Waals surface area contributed by atoms with Gasteiger partial charge in [-0.3, -0.25) is 9.59 Å². The Kier molecular flexibility index (Phi) is 5.04. The summed E-state index contributed by atoms with van der Waals surface area (Å²) in [5.74, 6) is -0.324. The molecule has 6 heteroatoms. The van der Waals surface area contributed by atoms with Crippen LogP contribution >= 0.6 is 15.9 Å². The highest BCUT2D eigenvalue weighted by Gasteiger charge is 2.32. The van der Waals surface area contributed by atoms with Crippen molar-refractivity contribution in [3.63, 3.8) is 0 Å². The van der Waals surface area contributed by atoms with Crippen LogP contribution in [0.1, 0.15) is 13.8 Å². The Bertz CT molecular complexity index is 997. The lowest BCUT2D eigenvalue weighted by molar-refractivity contribution is -0.123. The molecule has 0 spiro atoms. The van der Waals surface area contributed by atoms with Crippen LogP contribution in [0.2, 0.25) is 0 Å². The van der Waals surface area contributed by atoms with Crippen LogP contribution in [0, 0.1) is 0 Å². The van der Waals surface area contributed by atoms with Gasteiger partial charge >= 0.3 is 0 Å². The molecule has 26 heavy (non-hydrogen) atoms. The topological polar surface area (TPSA) is 64.0 Å². The summed E-state index contributed by atoms with van der Waals surface area (Å²) >= 11 is 3.38. The van der Waals surface area contributed by atoms with E-state index in [0.29, 0.717) is 11.4 Å². The van der Waals surface area contributed by atoms with E-state index in [1.807, 2.05) is 42.5 Å². The SMILES string of the molecule is CC(C)(C(=O)Nc1cccc(Br)c1)n1nc(-c2ccccc2)ccc1=O. The van der Waals surface area contributed by atoms with Gasteiger partial charge in [0.1, 0.15) is 5.54 Å². The summed E-state index contributed by atoms with van der Waals surface area (Å²) in [6.07, 6.45) is 0. The molecule has 0 aliphatic carbocycles. The van der Waals surface area contributed by atoms with Crippen molar-refractivity contribution in [1.29, 1.82) is 0 Å². The number of carbonyl (C=O) groups is 1. The van der Waals surface area contributed by atoms with E-state index in [9.17, 15) is 9.59 Å². The van der Waals surface area contributed by atoms with Gasteiger partial charge < -0.3 is 5.32 Å². The first-order valence-corrected chi connectivity index (χ1v) is 8.90. The molecule has 0 saturated carbocycles. The lowest BCUT2D eigenvalue weighted by atomic mass is 10.0. The summed E-state index contributed by atoms with van der Waals surface area (Å²) in [6, 6.07) is 19.9.